The molecule has 0 spiro atoms. The fourth-order valence-electron chi connectivity index (χ4n) is 4.23. The quantitative estimate of drug-likeness (QED) is 0.770. The number of carbonyl (C=O) groups excluding carboxylic acids is 2. The van der Waals surface area contributed by atoms with Crippen LogP contribution in [-0.2, 0) is 9.59 Å². The summed E-state index contributed by atoms with van der Waals surface area (Å²) in [6.07, 6.45) is 1.80. The van der Waals surface area contributed by atoms with Crippen LogP contribution in [0.4, 0.5) is 10.1 Å². The number of amides is 1. The molecule has 0 saturated heterocycles. The highest BCUT2D eigenvalue weighted by Gasteiger charge is 2.41. The predicted molar refractivity (Wildman–Crippen MR) is 105 cm³/mol. The summed E-state index contributed by atoms with van der Waals surface area (Å²) in [7, 11) is 0. The summed E-state index contributed by atoms with van der Waals surface area (Å²) in [6.45, 7) is 2.40. The number of hydrogen-bond donors (Lipinski definition) is 0. The monoisotopic (exact) mass is 379 g/mol. The van der Waals surface area contributed by atoms with Crippen molar-refractivity contribution in [1.29, 1.82) is 0 Å². The molecule has 28 heavy (non-hydrogen) atoms. The Bertz CT molecular complexity index is 966. The van der Waals surface area contributed by atoms with Crippen molar-refractivity contribution in [2.45, 2.75) is 38.5 Å². The summed E-state index contributed by atoms with van der Waals surface area (Å²) in [6, 6.07) is 13.8. The zero-order valence-electron chi connectivity index (χ0n) is 15.8. The fraction of sp³-hybridized carbons (Fsp3) is 0.304. The van der Waals surface area contributed by atoms with E-state index >= 15 is 0 Å². The Morgan fingerprint density at radius 2 is 1.82 bits per heavy atom. The van der Waals surface area contributed by atoms with Crippen LogP contribution in [0.5, 0.6) is 5.75 Å². The van der Waals surface area contributed by atoms with Crippen LogP contribution < -0.4 is 9.64 Å². The van der Waals surface area contributed by atoms with Crippen molar-refractivity contribution in [3.05, 3.63) is 71.2 Å². The Labute approximate surface area is 163 Å². The SMILES string of the molecule is CCOc1ccccc1C1CC(=O)N(c2ccccc2F)C2=C1C(=O)CCC2. The van der Waals surface area contributed by atoms with E-state index in [1.807, 2.05) is 31.2 Å². The summed E-state index contributed by atoms with van der Waals surface area (Å²) >= 11 is 0. The molecule has 2 aromatic rings. The molecule has 1 unspecified atom stereocenters. The highest BCUT2D eigenvalue weighted by atomic mass is 19.1. The van der Waals surface area contributed by atoms with Crippen molar-refractivity contribution < 1.29 is 18.7 Å². The van der Waals surface area contributed by atoms with Gasteiger partial charge in [-0.2, -0.15) is 0 Å². The molecule has 5 heteroatoms. The number of ether oxygens (including phenoxy) is 1. The number of halogens is 1. The first-order chi connectivity index (χ1) is 13.6. The first-order valence-electron chi connectivity index (χ1n) is 9.67. The van der Waals surface area contributed by atoms with Gasteiger partial charge in [-0.25, -0.2) is 4.39 Å². The maximum atomic E-state index is 14.5. The molecule has 4 nitrogen and oxygen atoms in total. The first-order valence-corrected chi connectivity index (χ1v) is 9.67. The van der Waals surface area contributed by atoms with Gasteiger partial charge in [-0.1, -0.05) is 30.3 Å². The molecule has 1 aliphatic carbocycles. The molecule has 4 rings (SSSR count). The highest BCUT2D eigenvalue weighted by Crippen LogP contribution is 2.45. The van der Waals surface area contributed by atoms with Crippen LogP contribution in [0, 0.1) is 5.82 Å². The third kappa shape index (κ3) is 3.11. The summed E-state index contributed by atoms with van der Waals surface area (Å²) < 4.78 is 20.2. The lowest BCUT2D eigenvalue weighted by molar-refractivity contribution is -0.120. The van der Waals surface area contributed by atoms with E-state index in [-0.39, 0.29) is 29.7 Å². The van der Waals surface area contributed by atoms with E-state index in [4.69, 9.17) is 4.74 Å². The lowest BCUT2D eigenvalue weighted by Crippen LogP contribution is -2.41. The van der Waals surface area contributed by atoms with Crippen LogP contribution in [0.1, 0.15) is 44.1 Å². The molecule has 1 amide bonds. The van der Waals surface area contributed by atoms with Gasteiger partial charge in [-0.3, -0.25) is 14.5 Å². The van der Waals surface area contributed by atoms with Gasteiger partial charge in [0, 0.05) is 35.6 Å². The van der Waals surface area contributed by atoms with Crippen molar-refractivity contribution in [1.82, 2.24) is 0 Å². The van der Waals surface area contributed by atoms with Crippen LogP contribution >= 0.6 is 0 Å². The molecule has 0 saturated carbocycles. The van der Waals surface area contributed by atoms with Gasteiger partial charge in [-0.15, -0.1) is 0 Å². The molecule has 0 aromatic heterocycles. The maximum Gasteiger partial charge on any atom is 0.232 e. The molecule has 0 N–H and O–H groups in total. The normalized spacial score (nSPS) is 19.6. The summed E-state index contributed by atoms with van der Waals surface area (Å²) in [4.78, 5) is 27.5. The molecule has 144 valence electrons. The molecule has 1 aliphatic heterocycles. The van der Waals surface area contributed by atoms with Gasteiger partial charge >= 0.3 is 0 Å². The van der Waals surface area contributed by atoms with Crippen molar-refractivity contribution in [2.75, 3.05) is 11.5 Å². The van der Waals surface area contributed by atoms with Gasteiger partial charge in [0.05, 0.1) is 12.3 Å². The third-order valence-corrected chi connectivity index (χ3v) is 5.36. The second-order valence-corrected chi connectivity index (χ2v) is 7.05. The smallest absolute Gasteiger partial charge is 0.232 e. The molecular weight excluding hydrogens is 357 g/mol. The Hall–Kier alpha value is -2.95. The minimum Gasteiger partial charge on any atom is -0.494 e. The predicted octanol–water partition coefficient (Wildman–Crippen LogP) is 4.75. The Kier molecular flexibility index (Phi) is 4.99. The number of nitrogens with zero attached hydrogens (tertiary/aromatic N) is 1. The van der Waals surface area contributed by atoms with Crippen molar-refractivity contribution in [2.24, 2.45) is 0 Å². The number of ketones is 1. The number of rotatable bonds is 4. The van der Waals surface area contributed by atoms with Crippen molar-refractivity contribution in [3.63, 3.8) is 0 Å². The van der Waals surface area contributed by atoms with E-state index in [0.717, 1.165) is 5.56 Å². The number of benzene rings is 2. The molecule has 2 aliphatic rings. The summed E-state index contributed by atoms with van der Waals surface area (Å²) in [5.74, 6) is -0.302. The average molecular weight is 379 g/mol. The largest absolute Gasteiger partial charge is 0.494 e. The van der Waals surface area contributed by atoms with Crippen molar-refractivity contribution >= 4 is 17.4 Å². The van der Waals surface area contributed by atoms with Crippen LogP contribution in [-0.4, -0.2) is 18.3 Å². The van der Waals surface area contributed by atoms with Crippen LogP contribution in [0.25, 0.3) is 0 Å². The number of allylic oxidation sites excluding steroid dienone is 2. The second kappa shape index (κ2) is 7.58. The molecule has 0 fully saturated rings. The summed E-state index contributed by atoms with van der Waals surface area (Å²) in [5, 5.41) is 0. The van der Waals surface area contributed by atoms with Crippen LogP contribution in [0.3, 0.4) is 0 Å². The van der Waals surface area contributed by atoms with Gasteiger partial charge in [-0.05, 0) is 38.0 Å². The molecular formula is C23H22FNO3. The van der Waals surface area contributed by atoms with Gasteiger partial charge in [0.1, 0.15) is 11.6 Å². The minimum absolute atomic E-state index is 0.0337. The zero-order chi connectivity index (χ0) is 19.7. The van der Waals surface area contributed by atoms with Gasteiger partial charge in [0.15, 0.2) is 5.78 Å². The Morgan fingerprint density at radius 3 is 2.61 bits per heavy atom. The molecule has 2 aromatic carbocycles. The van der Waals surface area contributed by atoms with E-state index in [9.17, 15) is 14.0 Å². The number of Topliss-reactive ketones (excluding diaryl/α,β-unsaturated/α-hetero) is 1. The standard InChI is InChI=1S/C23H22FNO3/c1-2-28-21-13-6-3-8-15(21)16-14-22(27)25(18-10-5-4-9-17(18)24)19-11-7-12-20(26)23(16)19/h3-6,8-10,13,16H,2,7,11-12,14H2,1H3. The molecule has 1 atom stereocenters. The topological polar surface area (TPSA) is 46.6 Å². The van der Waals surface area contributed by atoms with Gasteiger partial charge in [0.25, 0.3) is 0 Å². The molecule has 0 bridgehead atoms. The molecule has 0 radical (unpaired) electrons. The van der Waals surface area contributed by atoms with Gasteiger partial charge < -0.3 is 4.74 Å². The van der Waals surface area contributed by atoms with Crippen LogP contribution in [0.15, 0.2) is 59.8 Å². The fourth-order valence-corrected chi connectivity index (χ4v) is 4.23. The van der Waals surface area contributed by atoms with E-state index in [1.54, 1.807) is 18.2 Å². The van der Waals surface area contributed by atoms with Gasteiger partial charge in [0.2, 0.25) is 5.91 Å². The summed E-state index contributed by atoms with van der Waals surface area (Å²) in [5.41, 5.74) is 2.31. The van der Waals surface area contributed by atoms with E-state index < -0.39 is 5.82 Å². The zero-order valence-corrected chi connectivity index (χ0v) is 15.8. The second-order valence-electron chi connectivity index (χ2n) is 7.05. The third-order valence-electron chi connectivity index (χ3n) is 5.36. The van der Waals surface area contributed by atoms with E-state index in [0.29, 0.717) is 42.9 Å². The lowest BCUT2D eigenvalue weighted by Gasteiger charge is -2.38. The Balaban J connectivity index is 1.88. The molecule has 1 heterocycles. The number of anilines is 1. The highest BCUT2D eigenvalue weighted by molar-refractivity contribution is 6.07. The van der Waals surface area contributed by atoms with Crippen LogP contribution in [0.2, 0.25) is 0 Å². The van der Waals surface area contributed by atoms with E-state index in [2.05, 4.69) is 0 Å². The number of carbonyl (C=O) groups is 2. The maximum absolute atomic E-state index is 14.5. The average Bonchev–Trinajstić information content (AvgIpc) is 2.69. The first kappa shape index (κ1) is 18.4. The Morgan fingerprint density at radius 1 is 1.07 bits per heavy atom. The minimum atomic E-state index is -0.464. The lowest BCUT2D eigenvalue weighted by atomic mass is 9.77. The van der Waals surface area contributed by atoms with E-state index in [1.165, 1.54) is 11.0 Å². The number of hydrogen-bond acceptors (Lipinski definition) is 3. The number of para-hydroxylation sites is 2. The van der Waals surface area contributed by atoms with Crippen molar-refractivity contribution in [3.8, 4) is 5.75 Å².